The number of carbonyl (C=O) groups is 1. The molecule has 1 amide bonds. The Morgan fingerprint density at radius 3 is 2.31 bits per heavy atom. The Hall–Kier alpha value is -3.16. The maximum absolute atomic E-state index is 13.4. The summed E-state index contributed by atoms with van der Waals surface area (Å²) in [6, 6.07) is 8.89. The fourth-order valence-electron chi connectivity index (χ4n) is 3.10. The van der Waals surface area contributed by atoms with E-state index in [-0.39, 0.29) is 11.0 Å². The topological polar surface area (TPSA) is 64.0 Å². The third-order valence-corrected chi connectivity index (χ3v) is 4.94. The van der Waals surface area contributed by atoms with Gasteiger partial charge in [0.15, 0.2) is 0 Å². The molecule has 3 rings (SSSR count). The molecule has 3 aromatic rings. The average Bonchev–Trinajstić information content (AvgIpc) is 2.63. The lowest BCUT2D eigenvalue weighted by atomic mass is 10.1. The SMILES string of the molecule is Cc1cc2nc(C(F)(F)F)c(=O)n([C@@H](C)C(=O)Nc3ccccc3C)c2cc1C. The molecule has 1 atom stereocenters. The van der Waals surface area contributed by atoms with E-state index in [0.29, 0.717) is 5.69 Å². The molecule has 0 aliphatic rings. The number of nitrogens with one attached hydrogen (secondary N) is 1. The predicted octanol–water partition coefficient (Wildman–Crippen LogP) is 4.54. The van der Waals surface area contributed by atoms with Crippen molar-refractivity contribution in [3.63, 3.8) is 0 Å². The van der Waals surface area contributed by atoms with Gasteiger partial charge >= 0.3 is 6.18 Å². The highest BCUT2D eigenvalue weighted by atomic mass is 19.4. The van der Waals surface area contributed by atoms with Crippen LogP contribution in [0.3, 0.4) is 0 Å². The van der Waals surface area contributed by atoms with E-state index in [4.69, 9.17) is 0 Å². The molecule has 0 unspecified atom stereocenters. The van der Waals surface area contributed by atoms with Crippen LogP contribution in [0.5, 0.6) is 0 Å². The Balaban J connectivity index is 2.19. The largest absolute Gasteiger partial charge is 0.438 e. The molecule has 0 bridgehead atoms. The summed E-state index contributed by atoms with van der Waals surface area (Å²) in [5.41, 5.74) is 0.138. The number of aromatic nitrogens is 2. The van der Waals surface area contributed by atoms with Gasteiger partial charge in [-0.3, -0.25) is 14.2 Å². The van der Waals surface area contributed by atoms with E-state index in [1.54, 1.807) is 51.1 Å². The molecular formula is C21H20F3N3O2. The van der Waals surface area contributed by atoms with E-state index in [0.717, 1.165) is 21.3 Å². The number of anilines is 1. The maximum atomic E-state index is 13.4. The second-order valence-electron chi connectivity index (χ2n) is 7.04. The van der Waals surface area contributed by atoms with E-state index in [9.17, 15) is 22.8 Å². The van der Waals surface area contributed by atoms with Gasteiger partial charge in [0.1, 0.15) is 6.04 Å². The van der Waals surface area contributed by atoms with Crippen LogP contribution in [-0.2, 0) is 11.0 Å². The Bertz CT molecular complexity index is 1170. The molecule has 0 aliphatic carbocycles. The van der Waals surface area contributed by atoms with E-state index in [1.807, 2.05) is 0 Å². The van der Waals surface area contributed by atoms with E-state index < -0.39 is 29.4 Å². The zero-order valence-electron chi connectivity index (χ0n) is 16.4. The minimum absolute atomic E-state index is 0.00978. The zero-order valence-corrected chi connectivity index (χ0v) is 16.4. The average molecular weight is 403 g/mol. The van der Waals surface area contributed by atoms with Crippen LogP contribution in [0, 0.1) is 20.8 Å². The third-order valence-electron chi connectivity index (χ3n) is 4.94. The van der Waals surface area contributed by atoms with Gasteiger partial charge in [-0.2, -0.15) is 13.2 Å². The number of aryl methyl sites for hydroxylation is 3. The molecule has 152 valence electrons. The van der Waals surface area contributed by atoms with Crippen molar-refractivity contribution >= 4 is 22.6 Å². The number of hydrogen-bond donors (Lipinski definition) is 1. The molecule has 1 aromatic heterocycles. The number of fused-ring (bicyclic) bond motifs is 1. The standard InChI is InChI=1S/C21H20F3N3O2/c1-11-7-5-6-8-15(11)26-19(28)14(4)27-17-10-13(3)12(2)9-16(17)25-18(20(27)29)21(22,23)24/h5-10,14H,1-4H3,(H,26,28)/t14-/m0/s1. The smallest absolute Gasteiger partial charge is 0.324 e. The molecule has 2 aromatic carbocycles. The summed E-state index contributed by atoms with van der Waals surface area (Å²) in [5.74, 6) is -0.597. The van der Waals surface area contributed by atoms with Crippen LogP contribution >= 0.6 is 0 Å². The molecule has 1 heterocycles. The molecule has 0 radical (unpaired) electrons. The predicted molar refractivity (Wildman–Crippen MR) is 105 cm³/mol. The quantitative estimate of drug-likeness (QED) is 0.698. The summed E-state index contributed by atoms with van der Waals surface area (Å²) in [6.07, 6.45) is -4.93. The normalized spacial score (nSPS) is 12.8. The van der Waals surface area contributed by atoms with Gasteiger partial charge in [0.05, 0.1) is 11.0 Å². The van der Waals surface area contributed by atoms with Gasteiger partial charge in [0.25, 0.3) is 5.56 Å². The molecule has 0 spiro atoms. The molecule has 0 saturated carbocycles. The minimum Gasteiger partial charge on any atom is -0.324 e. The van der Waals surface area contributed by atoms with Gasteiger partial charge in [-0.25, -0.2) is 4.98 Å². The summed E-state index contributed by atoms with van der Waals surface area (Å²) >= 11 is 0. The highest BCUT2D eigenvalue weighted by Crippen LogP contribution is 2.28. The lowest BCUT2D eigenvalue weighted by Crippen LogP contribution is -2.36. The summed E-state index contributed by atoms with van der Waals surface area (Å²) < 4.78 is 41.1. The number of halogens is 3. The molecule has 8 heteroatoms. The first-order valence-electron chi connectivity index (χ1n) is 8.98. The monoisotopic (exact) mass is 403 g/mol. The van der Waals surface area contributed by atoms with E-state index in [2.05, 4.69) is 10.3 Å². The molecule has 0 aliphatic heterocycles. The van der Waals surface area contributed by atoms with Crippen LogP contribution in [-0.4, -0.2) is 15.5 Å². The molecular weight excluding hydrogens is 383 g/mol. The van der Waals surface area contributed by atoms with E-state index >= 15 is 0 Å². The molecule has 5 nitrogen and oxygen atoms in total. The Kier molecular flexibility index (Phi) is 5.21. The van der Waals surface area contributed by atoms with E-state index in [1.165, 1.54) is 13.0 Å². The van der Waals surface area contributed by atoms with Crippen molar-refractivity contribution in [2.24, 2.45) is 0 Å². The van der Waals surface area contributed by atoms with Gasteiger partial charge in [0.2, 0.25) is 11.6 Å². The van der Waals surface area contributed by atoms with Crippen molar-refractivity contribution in [2.45, 2.75) is 39.9 Å². The number of amides is 1. The first-order valence-corrected chi connectivity index (χ1v) is 8.98. The first-order chi connectivity index (χ1) is 13.5. The van der Waals surface area contributed by atoms with Crippen LogP contribution in [0.15, 0.2) is 41.2 Å². The Morgan fingerprint density at radius 1 is 1.07 bits per heavy atom. The maximum Gasteiger partial charge on any atom is 0.438 e. The fraction of sp³-hybridized carbons (Fsp3) is 0.286. The fourth-order valence-corrected chi connectivity index (χ4v) is 3.10. The minimum atomic E-state index is -4.93. The number of alkyl halides is 3. The van der Waals surface area contributed by atoms with Crippen molar-refractivity contribution in [2.75, 3.05) is 5.32 Å². The Labute approximate surface area is 165 Å². The summed E-state index contributed by atoms with van der Waals surface area (Å²) in [6.45, 7) is 6.71. The van der Waals surface area contributed by atoms with Crippen molar-refractivity contribution in [1.82, 2.24) is 9.55 Å². The molecule has 0 saturated heterocycles. The van der Waals surface area contributed by atoms with Gasteiger partial charge in [-0.15, -0.1) is 0 Å². The third kappa shape index (κ3) is 3.87. The Morgan fingerprint density at radius 2 is 1.69 bits per heavy atom. The van der Waals surface area contributed by atoms with Crippen molar-refractivity contribution in [3.8, 4) is 0 Å². The lowest BCUT2D eigenvalue weighted by molar-refractivity contribution is -0.142. The number of rotatable bonds is 3. The first kappa shape index (κ1) is 20.6. The van der Waals surface area contributed by atoms with Crippen LogP contribution in [0.1, 0.15) is 35.3 Å². The molecule has 1 N–H and O–H groups in total. The van der Waals surface area contributed by atoms with Crippen LogP contribution in [0.4, 0.5) is 18.9 Å². The highest BCUT2D eigenvalue weighted by molar-refractivity contribution is 5.95. The second kappa shape index (κ2) is 7.35. The lowest BCUT2D eigenvalue weighted by Gasteiger charge is -2.20. The summed E-state index contributed by atoms with van der Waals surface area (Å²) in [7, 11) is 0. The van der Waals surface area contributed by atoms with Crippen molar-refractivity contribution in [3.05, 3.63) is 69.1 Å². The number of carbonyl (C=O) groups excluding carboxylic acids is 1. The summed E-state index contributed by atoms with van der Waals surface area (Å²) in [5, 5.41) is 2.68. The van der Waals surface area contributed by atoms with Gasteiger partial charge in [0, 0.05) is 5.69 Å². The van der Waals surface area contributed by atoms with Crippen LogP contribution in [0.2, 0.25) is 0 Å². The van der Waals surface area contributed by atoms with Crippen molar-refractivity contribution < 1.29 is 18.0 Å². The molecule has 0 fully saturated rings. The number of para-hydroxylation sites is 1. The number of nitrogens with zero attached hydrogens (tertiary/aromatic N) is 2. The van der Waals surface area contributed by atoms with Crippen molar-refractivity contribution in [1.29, 1.82) is 0 Å². The molecule has 29 heavy (non-hydrogen) atoms. The zero-order chi connectivity index (χ0) is 21.5. The number of benzene rings is 2. The van der Waals surface area contributed by atoms with Gasteiger partial charge in [-0.1, -0.05) is 18.2 Å². The summed E-state index contributed by atoms with van der Waals surface area (Å²) in [4.78, 5) is 29.1. The highest BCUT2D eigenvalue weighted by Gasteiger charge is 2.38. The second-order valence-corrected chi connectivity index (χ2v) is 7.04. The van der Waals surface area contributed by atoms with Crippen LogP contribution < -0.4 is 10.9 Å². The number of hydrogen-bond acceptors (Lipinski definition) is 3. The van der Waals surface area contributed by atoms with Gasteiger partial charge in [-0.05, 0) is 62.6 Å². The van der Waals surface area contributed by atoms with Gasteiger partial charge < -0.3 is 5.32 Å². The van der Waals surface area contributed by atoms with Crippen LogP contribution in [0.25, 0.3) is 11.0 Å².